The standard InChI is InChI=1S/C21H29FN2O7S/c1-4-30-20(26)15-9-11-24(12-10-15)18(25)13-31-21(27)19(14(2)3)23-32(28,29)17-8-6-5-7-16(17)22/h5-8,14-15,19,23H,4,9-13H2,1-3H3/t19-/m0/s1. The van der Waals surface area contributed by atoms with Crippen LogP contribution in [0.4, 0.5) is 4.39 Å². The summed E-state index contributed by atoms with van der Waals surface area (Å²) in [4.78, 5) is 37.6. The Bertz CT molecular complexity index is 928. The molecule has 0 unspecified atom stereocenters. The monoisotopic (exact) mass is 472 g/mol. The summed E-state index contributed by atoms with van der Waals surface area (Å²) in [6, 6.07) is 3.50. The summed E-state index contributed by atoms with van der Waals surface area (Å²) in [6.07, 6.45) is 0.908. The minimum atomic E-state index is -4.32. The number of likely N-dealkylation sites (tertiary alicyclic amines) is 1. The summed E-state index contributed by atoms with van der Waals surface area (Å²) in [5.41, 5.74) is 0. The van der Waals surface area contributed by atoms with E-state index in [0.717, 1.165) is 12.1 Å². The summed E-state index contributed by atoms with van der Waals surface area (Å²) >= 11 is 0. The average Bonchev–Trinajstić information content (AvgIpc) is 2.76. The van der Waals surface area contributed by atoms with Crippen LogP contribution in [-0.4, -0.2) is 63.5 Å². The van der Waals surface area contributed by atoms with Gasteiger partial charge >= 0.3 is 11.9 Å². The van der Waals surface area contributed by atoms with Crippen LogP contribution in [0.25, 0.3) is 0 Å². The van der Waals surface area contributed by atoms with Gasteiger partial charge in [0, 0.05) is 13.1 Å². The average molecular weight is 473 g/mol. The largest absolute Gasteiger partial charge is 0.466 e. The zero-order valence-corrected chi connectivity index (χ0v) is 19.2. The molecule has 1 aromatic rings. The van der Waals surface area contributed by atoms with E-state index < -0.39 is 51.2 Å². The number of benzene rings is 1. The Morgan fingerprint density at radius 1 is 1.16 bits per heavy atom. The third-order valence-electron chi connectivity index (χ3n) is 5.13. The molecule has 1 saturated heterocycles. The first-order valence-corrected chi connectivity index (χ1v) is 11.9. The lowest BCUT2D eigenvalue weighted by Crippen LogP contribution is -2.47. The number of carbonyl (C=O) groups is 3. The zero-order chi connectivity index (χ0) is 23.9. The Morgan fingerprint density at radius 3 is 2.34 bits per heavy atom. The number of ether oxygens (including phenoxy) is 2. The number of halogens is 1. The minimum Gasteiger partial charge on any atom is -0.466 e. The highest BCUT2D eigenvalue weighted by Crippen LogP contribution is 2.19. The Hall–Kier alpha value is -2.53. The Labute approximate surface area is 187 Å². The van der Waals surface area contributed by atoms with Gasteiger partial charge in [0.05, 0.1) is 12.5 Å². The van der Waals surface area contributed by atoms with Crippen molar-refractivity contribution in [3.05, 3.63) is 30.1 Å². The number of nitrogens with zero attached hydrogens (tertiary/aromatic N) is 1. The molecule has 2 rings (SSSR count). The molecule has 1 aromatic carbocycles. The summed E-state index contributed by atoms with van der Waals surface area (Å²) in [5, 5.41) is 0. The van der Waals surface area contributed by atoms with E-state index in [1.54, 1.807) is 20.8 Å². The molecule has 0 spiro atoms. The number of hydrogen-bond acceptors (Lipinski definition) is 7. The topological polar surface area (TPSA) is 119 Å². The van der Waals surface area contributed by atoms with Gasteiger partial charge in [0.25, 0.3) is 5.91 Å². The number of sulfonamides is 1. The molecule has 1 fully saturated rings. The van der Waals surface area contributed by atoms with Crippen LogP contribution in [0.3, 0.4) is 0 Å². The molecular formula is C21H29FN2O7S. The van der Waals surface area contributed by atoms with Crippen LogP contribution in [0, 0.1) is 17.7 Å². The number of hydrogen-bond donors (Lipinski definition) is 1. The fourth-order valence-electron chi connectivity index (χ4n) is 3.29. The van der Waals surface area contributed by atoms with E-state index in [-0.39, 0.29) is 11.9 Å². The fraction of sp³-hybridized carbons (Fsp3) is 0.571. The second kappa shape index (κ2) is 11.4. The molecule has 1 heterocycles. The van der Waals surface area contributed by atoms with E-state index in [1.165, 1.54) is 17.0 Å². The van der Waals surface area contributed by atoms with E-state index in [9.17, 15) is 27.2 Å². The molecule has 1 aliphatic rings. The van der Waals surface area contributed by atoms with E-state index in [1.807, 2.05) is 0 Å². The molecule has 0 bridgehead atoms. The van der Waals surface area contributed by atoms with E-state index in [2.05, 4.69) is 4.72 Å². The van der Waals surface area contributed by atoms with E-state index in [0.29, 0.717) is 32.5 Å². The summed E-state index contributed by atoms with van der Waals surface area (Å²) in [5.74, 6) is -3.39. The molecule has 0 aliphatic carbocycles. The van der Waals surface area contributed by atoms with Crippen LogP contribution in [-0.2, 0) is 33.9 Å². The number of nitrogens with one attached hydrogen (secondary N) is 1. The molecule has 1 atom stereocenters. The Kier molecular flexibility index (Phi) is 9.14. The molecule has 0 radical (unpaired) electrons. The molecule has 1 aliphatic heterocycles. The van der Waals surface area contributed by atoms with Crippen LogP contribution in [0.1, 0.15) is 33.6 Å². The van der Waals surface area contributed by atoms with Crippen molar-refractivity contribution >= 4 is 27.9 Å². The van der Waals surface area contributed by atoms with Crippen molar-refractivity contribution in [2.45, 2.75) is 44.6 Å². The molecule has 1 N–H and O–H groups in total. The summed E-state index contributed by atoms with van der Waals surface area (Å²) < 4.78 is 51.2. The maximum atomic E-state index is 13.9. The lowest BCUT2D eigenvalue weighted by Gasteiger charge is -2.31. The van der Waals surface area contributed by atoms with Crippen molar-refractivity contribution in [1.82, 2.24) is 9.62 Å². The highest BCUT2D eigenvalue weighted by molar-refractivity contribution is 7.89. The van der Waals surface area contributed by atoms with Gasteiger partial charge in [-0.3, -0.25) is 14.4 Å². The van der Waals surface area contributed by atoms with Crippen LogP contribution in [0.15, 0.2) is 29.2 Å². The van der Waals surface area contributed by atoms with Crippen molar-refractivity contribution in [3.63, 3.8) is 0 Å². The van der Waals surface area contributed by atoms with Crippen molar-refractivity contribution in [1.29, 1.82) is 0 Å². The highest BCUT2D eigenvalue weighted by atomic mass is 32.2. The molecular weight excluding hydrogens is 443 g/mol. The quantitative estimate of drug-likeness (QED) is 0.541. The van der Waals surface area contributed by atoms with Gasteiger partial charge in [-0.2, -0.15) is 4.72 Å². The third-order valence-corrected chi connectivity index (χ3v) is 6.61. The SMILES string of the molecule is CCOC(=O)C1CCN(C(=O)COC(=O)[C@@H](NS(=O)(=O)c2ccccc2F)C(C)C)CC1. The summed E-state index contributed by atoms with van der Waals surface area (Å²) in [7, 11) is -4.32. The van der Waals surface area contributed by atoms with Gasteiger partial charge in [-0.15, -0.1) is 0 Å². The summed E-state index contributed by atoms with van der Waals surface area (Å²) in [6.45, 7) is 5.31. The maximum Gasteiger partial charge on any atom is 0.324 e. The molecule has 32 heavy (non-hydrogen) atoms. The number of piperidine rings is 1. The molecule has 9 nitrogen and oxygen atoms in total. The van der Waals surface area contributed by atoms with Crippen molar-refractivity contribution in [2.24, 2.45) is 11.8 Å². The van der Waals surface area contributed by atoms with Gasteiger partial charge in [-0.25, -0.2) is 12.8 Å². The Morgan fingerprint density at radius 2 is 1.78 bits per heavy atom. The van der Waals surface area contributed by atoms with Crippen LogP contribution >= 0.6 is 0 Å². The van der Waals surface area contributed by atoms with Gasteiger partial charge in [-0.1, -0.05) is 26.0 Å². The van der Waals surface area contributed by atoms with Crippen molar-refractivity contribution in [2.75, 3.05) is 26.3 Å². The first-order chi connectivity index (χ1) is 15.1. The second-order valence-electron chi connectivity index (χ2n) is 7.79. The van der Waals surface area contributed by atoms with Crippen LogP contribution in [0.5, 0.6) is 0 Å². The number of amides is 1. The second-order valence-corrected chi connectivity index (χ2v) is 9.47. The predicted molar refractivity (Wildman–Crippen MR) is 112 cm³/mol. The third kappa shape index (κ3) is 6.73. The Balaban J connectivity index is 1.93. The van der Waals surface area contributed by atoms with Gasteiger partial charge in [0.2, 0.25) is 10.0 Å². The normalized spacial score (nSPS) is 16.0. The van der Waals surface area contributed by atoms with E-state index >= 15 is 0 Å². The maximum absolute atomic E-state index is 13.9. The van der Waals surface area contributed by atoms with Gasteiger partial charge < -0.3 is 14.4 Å². The minimum absolute atomic E-state index is 0.264. The van der Waals surface area contributed by atoms with Crippen molar-refractivity contribution < 1.29 is 36.7 Å². The first kappa shape index (κ1) is 25.7. The predicted octanol–water partition coefficient (Wildman–Crippen LogP) is 1.47. The van der Waals surface area contributed by atoms with Crippen LogP contribution < -0.4 is 4.72 Å². The lowest BCUT2D eigenvalue weighted by atomic mass is 9.97. The smallest absolute Gasteiger partial charge is 0.324 e. The number of esters is 2. The molecule has 178 valence electrons. The van der Waals surface area contributed by atoms with Gasteiger partial charge in [0.1, 0.15) is 16.8 Å². The first-order valence-electron chi connectivity index (χ1n) is 10.4. The molecule has 1 amide bonds. The lowest BCUT2D eigenvalue weighted by molar-refractivity contribution is -0.156. The highest BCUT2D eigenvalue weighted by Gasteiger charge is 2.32. The zero-order valence-electron chi connectivity index (χ0n) is 18.4. The molecule has 0 saturated carbocycles. The van der Waals surface area contributed by atoms with Crippen molar-refractivity contribution in [3.8, 4) is 0 Å². The number of carbonyl (C=O) groups excluding carboxylic acids is 3. The molecule has 0 aromatic heterocycles. The number of rotatable bonds is 9. The van der Waals surface area contributed by atoms with Crippen LogP contribution in [0.2, 0.25) is 0 Å². The van der Waals surface area contributed by atoms with E-state index in [4.69, 9.17) is 9.47 Å². The molecule has 11 heteroatoms. The fourth-order valence-corrected chi connectivity index (χ4v) is 4.70. The van der Waals surface area contributed by atoms with Gasteiger partial charge in [-0.05, 0) is 37.8 Å². The van der Waals surface area contributed by atoms with Gasteiger partial charge in [0.15, 0.2) is 6.61 Å².